The van der Waals surface area contributed by atoms with Crippen LogP contribution in [0, 0.1) is 0 Å². The van der Waals surface area contributed by atoms with Crippen molar-refractivity contribution in [2.45, 2.75) is 19.5 Å². The summed E-state index contributed by atoms with van der Waals surface area (Å²) in [5.74, 6) is 1.13. The highest BCUT2D eigenvalue weighted by atomic mass is 15.1. The molecule has 1 heterocycles. The Morgan fingerprint density at radius 1 is 1.26 bits per heavy atom. The average Bonchev–Trinajstić information content (AvgIpc) is 2.84. The van der Waals surface area contributed by atoms with Crippen LogP contribution < -0.4 is 5.73 Å². The lowest BCUT2D eigenvalue weighted by molar-refractivity contribution is 0.406. The lowest BCUT2D eigenvalue weighted by Gasteiger charge is -2.12. The summed E-state index contributed by atoms with van der Waals surface area (Å²) in [5.41, 5.74) is 8.12. The van der Waals surface area contributed by atoms with Crippen molar-refractivity contribution in [2.24, 2.45) is 5.73 Å². The van der Waals surface area contributed by atoms with Crippen LogP contribution in [0.3, 0.4) is 0 Å². The van der Waals surface area contributed by atoms with Crippen LogP contribution in [0.4, 0.5) is 0 Å². The van der Waals surface area contributed by atoms with Crippen LogP contribution in [-0.4, -0.2) is 35.1 Å². The Hall–Kier alpha value is -1.65. The van der Waals surface area contributed by atoms with Crippen molar-refractivity contribution in [1.29, 1.82) is 0 Å². The van der Waals surface area contributed by atoms with E-state index in [1.54, 1.807) is 0 Å². The minimum atomic E-state index is 0.589. The Morgan fingerprint density at radius 3 is 2.79 bits per heavy atom. The summed E-state index contributed by atoms with van der Waals surface area (Å²) in [4.78, 5) is 6.61. The predicted molar refractivity (Wildman–Crippen MR) is 77.9 cm³/mol. The summed E-state index contributed by atoms with van der Waals surface area (Å²) < 4.78 is 2.21. The molecule has 1 aromatic carbocycles. The minimum Gasteiger partial charge on any atom is -0.330 e. The number of likely N-dealkylation sites (N-methyl/N-ethyl adjacent to an activating group) is 1. The molecular formula is C15H22N4. The Balaban J connectivity index is 2.08. The lowest BCUT2D eigenvalue weighted by atomic mass is 10.1. The Morgan fingerprint density at radius 2 is 2.05 bits per heavy atom. The molecule has 102 valence electrons. The Labute approximate surface area is 114 Å². The normalized spacial score (nSPS) is 11.2. The summed E-state index contributed by atoms with van der Waals surface area (Å²) in [6.07, 6.45) is 4.88. The van der Waals surface area contributed by atoms with E-state index in [1.807, 2.05) is 12.4 Å². The van der Waals surface area contributed by atoms with Gasteiger partial charge in [-0.2, -0.15) is 0 Å². The van der Waals surface area contributed by atoms with Crippen molar-refractivity contribution in [2.75, 3.05) is 20.6 Å². The van der Waals surface area contributed by atoms with E-state index in [9.17, 15) is 0 Å². The van der Waals surface area contributed by atoms with Crippen molar-refractivity contribution in [1.82, 2.24) is 14.5 Å². The van der Waals surface area contributed by atoms with Gasteiger partial charge in [-0.05, 0) is 25.2 Å². The van der Waals surface area contributed by atoms with Gasteiger partial charge in [0.1, 0.15) is 5.82 Å². The molecular weight excluding hydrogens is 236 g/mol. The van der Waals surface area contributed by atoms with E-state index < -0.39 is 0 Å². The van der Waals surface area contributed by atoms with Crippen molar-refractivity contribution in [3.05, 3.63) is 53.6 Å². The van der Waals surface area contributed by atoms with E-state index in [2.05, 4.69) is 52.8 Å². The molecule has 4 heteroatoms. The minimum absolute atomic E-state index is 0.589. The zero-order chi connectivity index (χ0) is 13.7. The van der Waals surface area contributed by atoms with Crippen molar-refractivity contribution >= 4 is 0 Å². The second-order valence-corrected chi connectivity index (χ2v) is 5.05. The molecule has 0 fully saturated rings. The number of hydrogen-bond acceptors (Lipinski definition) is 3. The van der Waals surface area contributed by atoms with Crippen LogP contribution in [0.1, 0.15) is 17.0 Å². The fourth-order valence-corrected chi connectivity index (χ4v) is 2.09. The summed E-state index contributed by atoms with van der Waals surface area (Å²) in [5, 5.41) is 0. The van der Waals surface area contributed by atoms with Crippen molar-refractivity contribution in [3.8, 4) is 0 Å². The molecule has 2 rings (SSSR count). The molecule has 0 unspecified atom stereocenters. The standard InChI is InChI=1S/C15H22N4/c1-18(2)8-6-15-17-7-9-19(15)12-14-5-3-4-13(10-14)11-16/h3-5,7,9-10H,6,8,11-12,16H2,1-2H3. The van der Waals surface area contributed by atoms with Crippen LogP contribution >= 0.6 is 0 Å². The highest BCUT2D eigenvalue weighted by Gasteiger charge is 2.04. The zero-order valence-electron chi connectivity index (χ0n) is 11.7. The van der Waals surface area contributed by atoms with Crippen LogP contribution in [0.15, 0.2) is 36.7 Å². The van der Waals surface area contributed by atoms with Gasteiger partial charge < -0.3 is 15.2 Å². The first-order chi connectivity index (χ1) is 9.19. The van der Waals surface area contributed by atoms with Gasteiger partial charge in [0.2, 0.25) is 0 Å². The number of benzene rings is 1. The molecule has 0 radical (unpaired) electrons. The smallest absolute Gasteiger partial charge is 0.110 e. The third-order valence-corrected chi connectivity index (χ3v) is 3.16. The molecule has 2 N–H and O–H groups in total. The van der Waals surface area contributed by atoms with E-state index in [-0.39, 0.29) is 0 Å². The molecule has 0 spiro atoms. The number of imidazole rings is 1. The predicted octanol–water partition coefficient (Wildman–Crippen LogP) is 1.49. The SMILES string of the molecule is CN(C)CCc1nccn1Cc1cccc(CN)c1. The Bertz CT molecular complexity index is 516. The summed E-state index contributed by atoms with van der Waals surface area (Å²) in [7, 11) is 4.16. The first-order valence-electron chi connectivity index (χ1n) is 6.61. The van der Waals surface area contributed by atoms with Crippen LogP contribution in [0.5, 0.6) is 0 Å². The van der Waals surface area contributed by atoms with E-state index in [0.29, 0.717) is 6.54 Å². The first-order valence-corrected chi connectivity index (χ1v) is 6.61. The highest BCUT2D eigenvalue weighted by molar-refractivity contribution is 5.23. The van der Waals surface area contributed by atoms with Gasteiger partial charge in [-0.1, -0.05) is 24.3 Å². The lowest BCUT2D eigenvalue weighted by Crippen LogP contribution is -2.17. The maximum Gasteiger partial charge on any atom is 0.110 e. The first kappa shape index (κ1) is 13.8. The fourth-order valence-electron chi connectivity index (χ4n) is 2.09. The monoisotopic (exact) mass is 258 g/mol. The van der Waals surface area contributed by atoms with Gasteiger partial charge in [-0.15, -0.1) is 0 Å². The second kappa shape index (κ2) is 6.50. The van der Waals surface area contributed by atoms with E-state index in [4.69, 9.17) is 5.73 Å². The highest BCUT2D eigenvalue weighted by Crippen LogP contribution is 2.09. The van der Waals surface area contributed by atoms with E-state index >= 15 is 0 Å². The molecule has 2 aromatic rings. The molecule has 0 atom stereocenters. The van der Waals surface area contributed by atoms with Crippen molar-refractivity contribution < 1.29 is 0 Å². The maximum atomic E-state index is 5.68. The van der Waals surface area contributed by atoms with Crippen molar-refractivity contribution in [3.63, 3.8) is 0 Å². The van der Waals surface area contributed by atoms with Gasteiger partial charge >= 0.3 is 0 Å². The van der Waals surface area contributed by atoms with Gasteiger partial charge in [-0.25, -0.2) is 4.98 Å². The van der Waals surface area contributed by atoms with Crippen LogP contribution in [0.25, 0.3) is 0 Å². The van der Waals surface area contributed by atoms with Gasteiger partial charge in [0, 0.05) is 38.4 Å². The third kappa shape index (κ3) is 3.91. The zero-order valence-corrected chi connectivity index (χ0v) is 11.7. The number of rotatable bonds is 6. The molecule has 1 aromatic heterocycles. The molecule has 0 saturated heterocycles. The topological polar surface area (TPSA) is 47.1 Å². The second-order valence-electron chi connectivity index (χ2n) is 5.05. The average molecular weight is 258 g/mol. The quantitative estimate of drug-likeness (QED) is 0.854. The summed E-state index contributed by atoms with van der Waals surface area (Å²) in [6.45, 7) is 2.46. The van der Waals surface area contributed by atoms with Gasteiger partial charge in [0.15, 0.2) is 0 Å². The number of nitrogens with two attached hydrogens (primary N) is 1. The molecule has 0 amide bonds. The number of aromatic nitrogens is 2. The van der Waals surface area contributed by atoms with Gasteiger partial charge in [-0.3, -0.25) is 0 Å². The number of nitrogens with zero attached hydrogens (tertiary/aromatic N) is 3. The van der Waals surface area contributed by atoms with E-state index in [1.165, 1.54) is 11.1 Å². The maximum absolute atomic E-state index is 5.68. The van der Waals surface area contributed by atoms with Crippen LogP contribution in [-0.2, 0) is 19.5 Å². The fraction of sp³-hybridized carbons (Fsp3) is 0.400. The molecule has 4 nitrogen and oxygen atoms in total. The number of hydrogen-bond donors (Lipinski definition) is 1. The molecule has 0 aliphatic carbocycles. The molecule has 0 bridgehead atoms. The summed E-state index contributed by atoms with van der Waals surface area (Å²) in [6, 6.07) is 8.42. The van der Waals surface area contributed by atoms with Gasteiger partial charge in [0.25, 0.3) is 0 Å². The largest absolute Gasteiger partial charge is 0.330 e. The molecule has 0 aliphatic rings. The molecule has 19 heavy (non-hydrogen) atoms. The third-order valence-electron chi connectivity index (χ3n) is 3.16. The van der Waals surface area contributed by atoms with Gasteiger partial charge in [0.05, 0.1) is 0 Å². The molecule has 0 saturated carbocycles. The molecule has 0 aliphatic heterocycles. The summed E-state index contributed by atoms with van der Waals surface area (Å²) >= 11 is 0. The van der Waals surface area contributed by atoms with Crippen LogP contribution in [0.2, 0.25) is 0 Å². The van der Waals surface area contributed by atoms with E-state index in [0.717, 1.165) is 25.3 Å². The Kier molecular flexibility index (Phi) is 4.71.